The quantitative estimate of drug-likeness (QED) is 0.0436. The predicted molar refractivity (Wildman–Crippen MR) is 455 cm³/mol. The van der Waals surface area contributed by atoms with Crippen LogP contribution in [0.5, 0.6) is 5.75 Å². The molecule has 0 bridgehead atoms. The zero-order valence-corrected chi connectivity index (χ0v) is 114. The fourth-order valence-electron chi connectivity index (χ4n) is 11.8. The molecule has 4 fully saturated rings. The Morgan fingerprint density at radius 1 is 0.579 bits per heavy atom. The fraction of sp³-hybridized carbons (Fsp3) is 0.511. The smallest absolute Gasteiger partial charge is 0.122 e. The first-order valence-corrected chi connectivity index (χ1v) is 41.7. The SMILES string of the molecule is CC[C@H]1OC2C[CH-]O[C@H]2[C@@H]1O.[CH2-]CC(C)(C)CCC.[CH2-]CCc1ccc2ccc(CCCC)cc2c1.[CH2-]CCc1ccccc1OC(C)CC.[CH2-][C@@H]1O[C@H](CC)[C@@H](O)[C@H]1O.[CH2-][C@H]1C=C[C@@H](CC)O1.[CH2-][C@H]1CC[C@@H](CC)O1.[CH2-]c1ccccc1Sc1ccccc1CC.[CH2-]c1nc(CC)co1.[CH2-]c1nc(CC)cs1.[W].[W].[W].[W].[W].[W].[W].[W].[W].[W].[Y].[Y].[Y]. The van der Waals surface area contributed by atoms with E-state index in [1.54, 1.807) is 36.0 Å². The summed E-state index contributed by atoms with van der Waals surface area (Å²) < 4.78 is 37.2. The Labute approximate surface area is 963 Å². The van der Waals surface area contributed by atoms with Crippen molar-refractivity contribution in [2.24, 2.45) is 5.41 Å². The second-order valence-corrected chi connectivity index (χ2v) is 30.4. The van der Waals surface area contributed by atoms with Crippen LogP contribution in [0, 0.1) is 74.3 Å². The first kappa shape index (κ1) is 148. The molecule has 121 heavy (non-hydrogen) atoms. The molecule has 7 heterocycles. The Balaban J connectivity index is -0.000000123. The van der Waals surface area contributed by atoms with E-state index in [1.165, 1.54) is 81.3 Å². The molecule has 12 rings (SSSR count). The number of hydrogen-bond acceptors (Lipinski definition) is 14. The van der Waals surface area contributed by atoms with Gasteiger partial charge in [0.1, 0.15) is 24.2 Å². The van der Waals surface area contributed by atoms with Crippen molar-refractivity contribution in [2.45, 2.75) is 314 Å². The van der Waals surface area contributed by atoms with E-state index in [0.29, 0.717) is 36.0 Å². The maximum Gasteiger partial charge on any atom is 0.122 e. The molecule has 2 aromatic heterocycles. The van der Waals surface area contributed by atoms with Crippen molar-refractivity contribution in [1.29, 1.82) is 0 Å². The zero-order chi connectivity index (χ0) is 80.0. The second kappa shape index (κ2) is 88.5. The maximum absolute atomic E-state index is 9.59. The summed E-state index contributed by atoms with van der Waals surface area (Å²) in [7, 11) is 0. The molecule has 5 aliphatic heterocycles. The van der Waals surface area contributed by atoms with Crippen LogP contribution in [-0.2, 0) is 371 Å². The summed E-state index contributed by atoms with van der Waals surface area (Å²) >= 11 is 3.41. The van der Waals surface area contributed by atoms with Crippen molar-refractivity contribution < 1.29 is 357 Å². The van der Waals surface area contributed by atoms with E-state index in [0.717, 1.165) is 118 Å². The number of aryl methyl sites for hydroxylation is 6. The van der Waals surface area contributed by atoms with Crippen molar-refractivity contribution in [2.75, 3.05) is 0 Å². The number of thiazole rings is 1. The summed E-state index contributed by atoms with van der Waals surface area (Å²) in [4.78, 5) is 10.7. The molecule has 27 heteroatoms. The minimum atomic E-state index is -0.815. The topological polar surface area (TPSA) is 155 Å². The number of aliphatic hydroxyl groups excluding tert-OH is 3. The Morgan fingerprint density at radius 2 is 1.14 bits per heavy atom. The molecule has 4 saturated heterocycles. The van der Waals surface area contributed by atoms with Crippen molar-refractivity contribution in [3.05, 3.63) is 252 Å². The van der Waals surface area contributed by atoms with Gasteiger partial charge in [0.25, 0.3) is 0 Å². The Hall–Kier alpha value is 4.57. The van der Waals surface area contributed by atoms with Gasteiger partial charge in [0.2, 0.25) is 0 Å². The number of fused-ring (bicyclic) bond motifs is 2. The van der Waals surface area contributed by atoms with E-state index < -0.39 is 24.4 Å². The molecule has 5 aromatic carbocycles. The number of oxazole rings is 1. The van der Waals surface area contributed by atoms with Crippen LogP contribution in [0.3, 0.4) is 0 Å². The molecule has 7 aromatic rings. The number of nitrogens with zero attached hydrogens (tertiary/aromatic N) is 2. The van der Waals surface area contributed by atoms with Gasteiger partial charge in [-0.2, -0.15) is 60.9 Å². The largest absolute Gasteiger partial charge is 0.546 e. The predicted octanol–water partition coefficient (Wildman–Crippen LogP) is 23.0. The third-order valence-electron chi connectivity index (χ3n) is 18.9. The number of para-hydroxylation sites is 1. The maximum atomic E-state index is 9.59. The van der Waals surface area contributed by atoms with Gasteiger partial charge in [-0.3, -0.25) is 4.98 Å². The van der Waals surface area contributed by atoms with Gasteiger partial charge in [-0.05, 0) is 140 Å². The van der Waals surface area contributed by atoms with Crippen molar-refractivity contribution >= 4 is 33.9 Å². The molecule has 13 atom stereocenters. The molecule has 675 valence electrons. The molecule has 12 nitrogen and oxygen atoms in total. The molecular weight excluding hydrogens is 3490 g/mol. The van der Waals surface area contributed by atoms with Crippen molar-refractivity contribution in [3.63, 3.8) is 0 Å². The van der Waals surface area contributed by atoms with Crippen LogP contribution in [-0.4, -0.2) is 105 Å². The summed E-state index contributed by atoms with van der Waals surface area (Å²) in [6, 6.07) is 38.7. The van der Waals surface area contributed by atoms with Gasteiger partial charge in [0.05, 0.1) is 60.4 Å². The van der Waals surface area contributed by atoms with E-state index in [9.17, 15) is 10.2 Å². The Kier molecular flexibility index (Phi) is 109. The summed E-state index contributed by atoms with van der Waals surface area (Å²) in [5, 5.41) is 33.6. The molecule has 0 spiro atoms. The first-order valence-electron chi connectivity index (χ1n) is 40.0. The number of ether oxygens (including phenoxy) is 6. The Morgan fingerprint density at radius 3 is 1.53 bits per heavy atom. The molecular formula is C94H138N2O10S2W10Y3-10. The number of benzene rings is 5. The monoisotopic (exact) mass is 3630 g/mol. The number of unbranched alkanes of at least 4 members (excludes halogenated alkanes) is 1. The molecule has 0 amide bonds. The molecule has 3 N–H and O–H groups in total. The summed E-state index contributed by atoms with van der Waals surface area (Å²) in [5.74, 6) is 1.52. The van der Waals surface area contributed by atoms with Gasteiger partial charge < -0.3 is 104 Å². The third-order valence-corrected chi connectivity index (χ3v) is 20.9. The number of hydrogen-bond donors (Lipinski definition) is 3. The van der Waals surface area contributed by atoms with E-state index in [1.807, 2.05) is 50.4 Å². The van der Waals surface area contributed by atoms with Crippen LogP contribution in [0.2, 0.25) is 0 Å². The van der Waals surface area contributed by atoms with E-state index in [-0.39, 0.29) is 345 Å². The average Bonchev–Trinajstić information content (AvgIpc) is 1.68. The minimum absolute atomic E-state index is 0. The van der Waals surface area contributed by atoms with E-state index in [2.05, 4.69) is 239 Å². The van der Waals surface area contributed by atoms with Crippen LogP contribution < -0.4 is 4.74 Å². The standard InChI is InChI=1S/C17H21.C15H15S.C13H19O.C8H13O3.C8H17.C7H13O3.C7H13O.C7H11O.C6H8NO.C6H8NS.10W.3Y/c1-3-5-7-15-9-11-16-10-8-14(6-4-2)12-17(16)13-15;1-3-13-9-5-7-11-15(13)16-14-10-6-4-8-12(14)2;1-4-8-12-9-6-7-10-13(12)14-11(3)5-2;1-2-5-7(9)8-6(11-5)3-4-10-8;1-5-7-8(3,4)6-2;1-3-5-7(9)6(8)4(2)10-5;2*1-3-7-5-4-6(2)8-7;2*1-3-6-4-8-5(2)7-6;;;;;;;;;;;;;/h8-13H,2-7H2,1H3;4-11H,2-3H2,1H3;6-7,9-11H,1,4-5,8H2,2-3H3;4-9H,2-3H2,1H3;2,5-7H2,1,3-4H3;4-9H,2-3H2,1H3;6-7H,2-5H2,1H3;4-7H,2-3H2,1H3;2*4H,2-3H2,1H3;;;;;;;;;;;;;/q10*-1;;;;;;;;;;;;;/t;;;5-,6?,7-,8-;;4-,5+,6-,7+;2*6-,7+;;;;;;;;;;;;;;;/m...1.000.............../s1. The number of rotatable bonds is 22. The third kappa shape index (κ3) is 61.4. The van der Waals surface area contributed by atoms with Gasteiger partial charge in [0, 0.05) is 325 Å². The van der Waals surface area contributed by atoms with Crippen LogP contribution in [0.4, 0.5) is 0 Å². The van der Waals surface area contributed by atoms with Crippen molar-refractivity contribution in [1.82, 2.24) is 9.97 Å². The van der Waals surface area contributed by atoms with Crippen LogP contribution >= 0.6 is 23.1 Å². The molecule has 0 saturated carbocycles. The molecule has 3 radical (unpaired) electrons. The van der Waals surface area contributed by atoms with Gasteiger partial charge in [0.15, 0.2) is 0 Å². The number of aliphatic hydroxyl groups is 3. The normalized spacial score (nSPS) is 19.8. The summed E-state index contributed by atoms with van der Waals surface area (Å²) in [6.07, 6.45) is 26.8. The first-order chi connectivity index (χ1) is 51.8. The zero-order valence-electron chi connectivity index (χ0n) is 74.2. The molecule has 0 aliphatic carbocycles. The van der Waals surface area contributed by atoms with E-state index >= 15 is 0 Å². The summed E-state index contributed by atoms with van der Waals surface area (Å²) in [6.45, 7) is 63.4. The number of aromatic nitrogens is 2. The second-order valence-electron chi connectivity index (χ2n) is 28.4. The van der Waals surface area contributed by atoms with Gasteiger partial charge >= 0.3 is 0 Å². The molecule has 2 unspecified atom stereocenters. The van der Waals surface area contributed by atoms with Crippen LogP contribution in [0.25, 0.3) is 10.8 Å². The van der Waals surface area contributed by atoms with E-state index in [4.69, 9.17) is 37.9 Å². The average molecular weight is 3630 g/mol. The van der Waals surface area contributed by atoms with Crippen LogP contribution in [0.15, 0.2) is 147 Å². The summed E-state index contributed by atoms with van der Waals surface area (Å²) in [5.41, 5.74) is 9.23. The molecule has 5 aliphatic rings. The Bertz CT molecular complexity index is 3490. The van der Waals surface area contributed by atoms with Crippen LogP contribution in [0.1, 0.15) is 236 Å². The van der Waals surface area contributed by atoms with Gasteiger partial charge in [-0.1, -0.05) is 229 Å². The van der Waals surface area contributed by atoms with Gasteiger partial charge in [-0.25, -0.2) is 11.6 Å². The van der Waals surface area contributed by atoms with Gasteiger partial charge in [-0.15, -0.1) is 18.6 Å². The minimum Gasteiger partial charge on any atom is -0.546 e. The fourth-order valence-corrected chi connectivity index (χ4v) is 13.5. The van der Waals surface area contributed by atoms with Crippen molar-refractivity contribution in [3.8, 4) is 5.75 Å².